The van der Waals surface area contributed by atoms with Crippen LogP contribution in [0.4, 0.5) is 0 Å². The fourth-order valence-electron chi connectivity index (χ4n) is 4.25. The first-order valence-electron chi connectivity index (χ1n) is 10.4. The molecule has 31 heavy (non-hydrogen) atoms. The molecule has 0 bridgehead atoms. The molecule has 2 aromatic heterocycles. The summed E-state index contributed by atoms with van der Waals surface area (Å²) in [6, 6.07) is 12.8. The number of benzene rings is 2. The molecule has 0 radical (unpaired) electrons. The summed E-state index contributed by atoms with van der Waals surface area (Å²) in [6.45, 7) is 1.89. The minimum atomic E-state index is -0.298. The molecule has 0 spiro atoms. The van der Waals surface area contributed by atoms with Gasteiger partial charge in [-0.2, -0.15) is 0 Å². The first kappa shape index (κ1) is 20.2. The Bertz CT molecular complexity index is 1290. The van der Waals surface area contributed by atoms with Gasteiger partial charge < -0.3 is 14.9 Å². The highest BCUT2D eigenvalue weighted by Crippen LogP contribution is 2.29. The quantitative estimate of drug-likeness (QED) is 0.396. The Labute approximate surface area is 190 Å². The molecule has 1 atom stereocenters. The number of aryl methyl sites for hydroxylation is 1. The predicted octanol–water partition coefficient (Wildman–Crippen LogP) is 6.03. The van der Waals surface area contributed by atoms with E-state index in [-0.39, 0.29) is 11.9 Å². The Morgan fingerprint density at radius 1 is 1.13 bits per heavy atom. The average Bonchev–Trinajstić information content (AvgIpc) is 3.37. The van der Waals surface area contributed by atoms with Gasteiger partial charge in [0, 0.05) is 22.5 Å². The number of hydrogen-bond acceptors (Lipinski definition) is 2. The number of H-pyrrole nitrogens is 1. The summed E-state index contributed by atoms with van der Waals surface area (Å²) in [5.41, 5.74) is 5.78. The molecule has 5 nitrogen and oxygen atoms in total. The first-order valence-corrected chi connectivity index (χ1v) is 11.2. The van der Waals surface area contributed by atoms with Crippen LogP contribution in [0.3, 0.4) is 0 Å². The molecule has 4 aromatic rings. The van der Waals surface area contributed by atoms with Crippen LogP contribution >= 0.6 is 23.2 Å². The number of carbonyl (C=O) groups excluding carboxylic acids is 1. The van der Waals surface area contributed by atoms with Crippen LogP contribution in [0.5, 0.6) is 0 Å². The predicted molar refractivity (Wildman–Crippen MR) is 124 cm³/mol. The number of hydrogen-bond donors (Lipinski definition) is 2. The maximum absolute atomic E-state index is 12.8. The summed E-state index contributed by atoms with van der Waals surface area (Å²) < 4.78 is 2.15. The van der Waals surface area contributed by atoms with Gasteiger partial charge >= 0.3 is 0 Å². The minimum absolute atomic E-state index is 0.200. The lowest BCUT2D eigenvalue weighted by atomic mass is 9.98. The van der Waals surface area contributed by atoms with E-state index in [1.165, 1.54) is 24.1 Å². The molecule has 1 aliphatic rings. The summed E-state index contributed by atoms with van der Waals surface area (Å²) in [5, 5.41) is 4.18. The maximum Gasteiger partial charge on any atom is 0.251 e. The van der Waals surface area contributed by atoms with E-state index in [9.17, 15) is 4.79 Å². The number of rotatable bonds is 4. The van der Waals surface area contributed by atoms with Crippen LogP contribution in [-0.2, 0) is 12.8 Å². The van der Waals surface area contributed by atoms with Gasteiger partial charge in [0.2, 0.25) is 0 Å². The molecule has 158 valence electrons. The van der Waals surface area contributed by atoms with E-state index in [0.29, 0.717) is 21.4 Å². The molecule has 5 rings (SSSR count). The van der Waals surface area contributed by atoms with Crippen LogP contribution in [0.25, 0.3) is 16.7 Å². The van der Waals surface area contributed by atoms with Gasteiger partial charge in [-0.05, 0) is 80.6 Å². The van der Waals surface area contributed by atoms with Gasteiger partial charge in [0.05, 0.1) is 27.8 Å². The number of aromatic amines is 1. The molecule has 0 fully saturated rings. The Kier molecular flexibility index (Phi) is 5.24. The highest BCUT2D eigenvalue weighted by Gasteiger charge is 2.19. The number of imidazole rings is 1. The molecule has 1 unspecified atom stereocenters. The minimum Gasteiger partial charge on any atom is -0.342 e. The third kappa shape index (κ3) is 3.84. The van der Waals surface area contributed by atoms with Gasteiger partial charge in [-0.25, -0.2) is 4.98 Å². The highest BCUT2D eigenvalue weighted by atomic mass is 35.5. The van der Waals surface area contributed by atoms with Crippen LogP contribution in [0.1, 0.15) is 53.2 Å². The summed E-state index contributed by atoms with van der Waals surface area (Å²) in [4.78, 5) is 20.6. The van der Waals surface area contributed by atoms with Gasteiger partial charge in [0.25, 0.3) is 5.91 Å². The summed E-state index contributed by atoms with van der Waals surface area (Å²) in [7, 11) is 0. The second-order valence-electron chi connectivity index (χ2n) is 8.01. The third-order valence-corrected chi connectivity index (χ3v) is 6.42. The van der Waals surface area contributed by atoms with Crippen LogP contribution in [0.2, 0.25) is 10.0 Å². The van der Waals surface area contributed by atoms with Crippen molar-refractivity contribution in [1.29, 1.82) is 0 Å². The molecule has 1 amide bonds. The van der Waals surface area contributed by atoms with Crippen molar-refractivity contribution in [3.05, 3.63) is 81.4 Å². The average molecular weight is 453 g/mol. The molecular formula is C24H22Cl2N4O. The zero-order valence-electron chi connectivity index (χ0n) is 17.1. The molecule has 0 saturated carbocycles. The van der Waals surface area contributed by atoms with E-state index < -0.39 is 0 Å². The van der Waals surface area contributed by atoms with Crippen LogP contribution in [-0.4, -0.2) is 20.4 Å². The standard InChI is InChI=1S/C24H22Cl2N4O/c1-14(23-28-19-8-7-17(25)13-20(19)29-23)27-24(31)16-6-9-22(18(26)12-16)30-11-10-15-4-2-3-5-21(15)30/h6-14H,2-5H2,1H3,(H,27,31)(H,28,29). The van der Waals surface area contributed by atoms with Gasteiger partial charge in [-0.15, -0.1) is 0 Å². The Morgan fingerprint density at radius 2 is 1.97 bits per heavy atom. The molecule has 0 saturated heterocycles. The lowest BCUT2D eigenvalue weighted by Gasteiger charge is -2.17. The molecule has 1 aliphatic carbocycles. The largest absolute Gasteiger partial charge is 0.342 e. The van der Waals surface area contributed by atoms with Gasteiger partial charge in [-0.3, -0.25) is 4.79 Å². The smallest absolute Gasteiger partial charge is 0.251 e. The molecule has 0 aliphatic heterocycles. The number of nitrogens with one attached hydrogen (secondary N) is 2. The lowest BCUT2D eigenvalue weighted by Crippen LogP contribution is -2.27. The molecular weight excluding hydrogens is 431 g/mol. The van der Waals surface area contributed by atoms with E-state index in [1.807, 2.05) is 31.2 Å². The zero-order chi connectivity index (χ0) is 21.5. The number of fused-ring (bicyclic) bond motifs is 2. The Hall–Kier alpha value is -2.76. The SMILES string of the molecule is CC(NC(=O)c1ccc(-n2ccc3c2CCCC3)c(Cl)c1)c1nc2ccc(Cl)cc2[nH]1. The topological polar surface area (TPSA) is 62.7 Å². The third-order valence-electron chi connectivity index (χ3n) is 5.89. The number of aromatic nitrogens is 3. The zero-order valence-corrected chi connectivity index (χ0v) is 18.6. The van der Waals surface area contributed by atoms with Crippen molar-refractivity contribution >= 4 is 40.1 Å². The van der Waals surface area contributed by atoms with E-state index in [0.717, 1.165) is 29.6 Å². The van der Waals surface area contributed by atoms with Gasteiger partial charge in [0.1, 0.15) is 5.82 Å². The Morgan fingerprint density at radius 3 is 2.81 bits per heavy atom. The van der Waals surface area contributed by atoms with E-state index in [1.54, 1.807) is 12.1 Å². The van der Waals surface area contributed by atoms with E-state index in [4.69, 9.17) is 23.2 Å². The van der Waals surface area contributed by atoms with Gasteiger partial charge in [0.15, 0.2) is 0 Å². The van der Waals surface area contributed by atoms with E-state index >= 15 is 0 Å². The fraction of sp³-hybridized carbons (Fsp3) is 0.250. The number of amides is 1. The van der Waals surface area contributed by atoms with Crippen LogP contribution in [0.15, 0.2) is 48.7 Å². The van der Waals surface area contributed by atoms with Crippen LogP contribution in [0, 0.1) is 0 Å². The van der Waals surface area contributed by atoms with Crippen molar-refractivity contribution in [3.63, 3.8) is 0 Å². The molecule has 2 N–H and O–H groups in total. The first-order chi connectivity index (χ1) is 15.0. The highest BCUT2D eigenvalue weighted by molar-refractivity contribution is 6.32. The molecule has 2 heterocycles. The number of halogens is 2. The maximum atomic E-state index is 12.8. The summed E-state index contributed by atoms with van der Waals surface area (Å²) in [6.07, 6.45) is 6.68. The van der Waals surface area contributed by atoms with Crippen molar-refractivity contribution in [2.24, 2.45) is 0 Å². The van der Waals surface area contributed by atoms with Crippen molar-refractivity contribution < 1.29 is 4.79 Å². The molecule has 2 aromatic carbocycles. The number of carbonyl (C=O) groups is 1. The van der Waals surface area contributed by atoms with E-state index in [2.05, 4.69) is 32.1 Å². The lowest BCUT2D eigenvalue weighted by molar-refractivity contribution is 0.0938. The van der Waals surface area contributed by atoms with Crippen molar-refractivity contribution in [2.45, 2.75) is 38.6 Å². The summed E-state index contributed by atoms with van der Waals surface area (Å²) >= 11 is 12.6. The fourth-order valence-corrected chi connectivity index (χ4v) is 4.69. The van der Waals surface area contributed by atoms with Crippen molar-refractivity contribution in [1.82, 2.24) is 19.9 Å². The second kappa shape index (κ2) is 8.06. The van der Waals surface area contributed by atoms with Crippen molar-refractivity contribution in [3.8, 4) is 5.69 Å². The monoisotopic (exact) mass is 452 g/mol. The van der Waals surface area contributed by atoms with Crippen molar-refractivity contribution in [2.75, 3.05) is 0 Å². The Balaban J connectivity index is 1.35. The second-order valence-corrected chi connectivity index (χ2v) is 8.85. The number of nitrogens with zero attached hydrogens (tertiary/aromatic N) is 2. The molecule has 7 heteroatoms. The normalized spacial score (nSPS) is 14.4. The van der Waals surface area contributed by atoms with Gasteiger partial charge in [-0.1, -0.05) is 23.2 Å². The summed E-state index contributed by atoms with van der Waals surface area (Å²) in [5.74, 6) is 0.473. The van der Waals surface area contributed by atoms with Crippen LogP contribution < -0.4 is 5.32 Å².